The number of nitrogens with zero attached hydrogens (tertiary/aromatic N) is 3. The number of ether oxygens (including phenoxy) is 1. The van der Waals surface area contributed by atoms with Crippen molar-refractivity contribution in [2.24, 2.45) is 0 Å². The lowest BCUT2D eigenvalue weighted by Gasteiger charge is -2.36. The molecule has 1 atom stereocenters. The lowest BCUT2D eigenvalue weighted by Crippen LogP contribution is -2.46. The second kappa shape index (κ2) is 6.70. The summed E-state index contributed by atoms with van der Waals surface area (Å²) in [6.07, 6.45) is 3.82. The van der Waals surface area contributed by atoms with Crippen LogP contribution in [0, 0.1) is 6.92 Å². The van der Waals surface area contributed by atoms with E-state index in [2.05, 4.69) is 41.0 Å². The average Bonchev–Trinajstić information content (AvgIpc) is 2.46. The summed E-state index contributed by atoms with van der Waals surface area (Å²) in [5, 5.41) is 3.37. The van der Waals surface area contributed by atoms with Crippen LogP contribution in [-0.4, -0.2) is 42.3 Å². The van der Waals surface area contributed by atoms with E-state index in [1.165, 1.54) is 0 Å². The molecule has 0 aromatic carbocycles. The van der Waals surface area contributed by atoms with E-state index < -0.39 is 0 Å². The van der Waals surface area contributed by atoms with E-state index in [0.717, 1.165) is 56.3 Å². The molecule has 2 rings (SSSR count). The summed E-state index contributed by atoms with van der Waals surface area (Å²) < 4.78 is 5.56. The molecule has 0 amide bonds. The minimum absolute atomic E-state index is 0.418. The van der Waals surface area contributed by atoms with Gasteiger partial charge in [0.05, 0.1) is 19.3 Å². The van der Waals surface area contributed by atoms with E-state index in [1.54, 1.807) is 6.33 Å². The van der Waals surface area contributed by atoms with Crippen molar-refractivity contribution in [3.63, 3.8) is 0 Å². The maximum atomic E-state index is 5.56. The summed E-state index contributed by atoms with van der Waals surface area (Å²) >= 11 is 0. The van der Waals surface area contributed by atoms with Crippen LogP contribution in [0.5, 0.6) is 0 Å². The zero-order chi connectivity index (χ0) is 13.7. The molecule has 0 aliphatic carbocycles. The van der Waals surface area contributed by atoms with E-state index in [0.29, 0.717) is 6.04 Å². The number of hydrogen-bond acceptors (Lipinski definition) is 5. The van der Waals surface area contributed by atoms with E-state index in [-0.39, 0.29) is 0 Å². The van der Waals surface area contributed by atoms with E-state index in [9.17, 15) is 0 Å². The van der Waals surface area contributed by atoms with Crippen LogP contribution in [0.3, 0.4) is 0 Å². The van der Waals surface area contributed by atoms with Crippen molar-refractivity contribution in [2.75, 3.05) is 36.5 Å². The third kappa shape index (κ3) is 3.15. The second-order valence-corrected chi connectivity index (χ2v) is 4.93. The van der Waals surface area contributed by atoms with Crippen LogP contribution in [-0.2, 0) is 4.74 Å². The van der Waals surface area contributed by atoms with Gasteiger partial charge in [-0.05, 0) is 19.8 Å². The van der Waals surface area contributed by atoms with Crippen molar-refractivity contribution in [2.45, 2.75) is 39.7 Å². The zero-order valence-corrected chi connectivity index (χ0v) is 12.1. The highest BCUT2D eigenvalue weighted by molar-refractivity contribution is 5.58. The Morgan fingerprint density at radius 3 is 3.00 bits per heavy atom. The molecule has 0 radical (unpaired) electrons. The number of nitrogens with one attached hydrogen (secondary N) is 1. The Kier molecular flexibility index (Phi) is 4.96. The predicted octanol–water partition coefficient (Wildman–Crippen LogP) is 2.22. The lowest BCUT2D eigenvalue weighted by molar-refractivity contribution is 0.0925. The summed E-state index contributed by atoms with van der Waals surface area (Å²) in [5.74, 6) is 2.00. The van der Waals surface area contributed by atoms with Crippen molar-refractivity contribution < 1.29 is 4.74 Å². The largest absolute Gasteiger partial charge is 0.377 e. The minimum Gasteiger partial charge on any atom is -0.377 e. The third-order valence-electron chi connectivity index (χ3n) is 3.57. The normalized spacial score (nSPS) is 19.5. The van der Waals surface area contributed by atoms with Gasteiger partial charge in [0.15, 0.2) is 0 Å². The van der Waals surface area contributed by atoms with Gasteiger partial charge in [-0.15, -0.1) is 0 Å². The summed E-state index contributed by atoms with van der Waals surface area (Å²) in [7, 11) is 0. The number of morpholine rings is 1. The van der Waals surface area contributed by atoms with Gasteiger partial charge >= 0.3 is 0 Å². The van der Waals surface area contributed by atoms with E-state index in [4.69, 9.17) is 4.74 Å². The van der Waals surface area contributed by atoms with Gasteiger partial charge in [0.2, 0.25) is 0 Å². The average molecular weight is 264 g/mol. The second-order valence-electron chi connectivity index (χ2n) is 4.93. The van der Waals surface area contributed by atoms with Crippen LogP contribution < -0.4 is 10.2 Å². The van der Waals surface area contributed by atoms with Gasteiger partial charge < -0.3 is 15.0 Å². The molecule has 106 valence electrons. The Morgan fingerprint density at radius 1 is 1.42 bits per heavy atom. The van der Waals surface area contributed by atoms with Crippen LogP contribution in [0.4, 0.5) is 11.6 Å². The number of rotatable bonds is 5. The van der Waals surface area contributed by atoms with E-state index >= 15 is 0 Å². The molecule has 1 saturated heterocycles. The molecule has 1 N–H and O–H groups in total. The highest BCUT2D eigenvalue weighted by atomic mass is 16.5. The highest BCUT2D eigenvalue weighted by Crippen LogP contribution is 2.26. The Labute approximate surface area is 115 Å². The molecule has 5 nitrogen and oxygen atoms in total. The number of anilines is 2. The lowest BCUT2D eigenvalue weighted by atomic mass is 10.1. The summed E-state index contributed by atoms with van der Waals surface area (Å²) in [6, 6.07) is 0.418. The Balaban J connectivity index is 2.22. The maximum absolute atomic E-state index is 5.56. The SMILES string of the molecule is CCCNc1ncnc(N2CCOCC2CC)c1C. The van der Waals surface area contributed by atoms with Crippen molar-refractivity contribution >= 4 is 11.6 Å². The van der Waals surface area contributed by atoms with Gasteiger partial charge in [-0.2, -0.15) is 0 Å². The first-order chi connectivity index (χ1) is 9.27. The summed E-state index contributed by atoms with van der Waals surface area (Å²) in [4.78, 5) is 11.2. The number of hydrogen-bond donors (Lipinski definition) is 1. The molecule has 1 fully saturated rings. The van der Waals surface area contributed by atoms with Gasteiger partial charge in [-0.25, -0.2) is 9.97 Å². The van der Waals surface area contributed by atoms with Gasteiger partial charge in [-0.3, -0.25) is 0 Å². The van der Waals surface area contributed by atoms with Crippen molar-refractivity contribution in [1.29, 1.82) is 0 Å². The first-order valence-corrected chi connectivity index (χ1v) is 7.17. The van der Waals surface area contributed by atoms with Gasteiger partial charge in [0.25, 0.3) is 0 Å². The monoisotopic (exact) mass is 264 g/mol. The van der Waals surface area contributed by atoms with Gasteiger partial charge in [0, 0.05) is 18.7 Å². The Hall–Kier alpha value is -1.36. The topological polar surface area (TPSA) is 50.3 Å². The molecule has 19 heavy (non-hydrogen) atoms. The quantitative estimate of drug-likeness (QED) is 0.883. The molecule has 1 unspecified atom stereocenters. The fourth-order valence-corrected chi connectivity index (χ4v) is 2.42. The molecule has 0 spiro atoms. The first-order valence-electron chi connectivity index (χ1n) is 7.17. The molecule has 2 heterocycles. The third-order valence-corrected chi connectivity index (χ3v) is 3.57. The maximum Gasteiger partial charge on any atom is 0.137 e. The van der Waals surface area contributed by atoms with Crippen molar-refractivity contribution in [1.82, 2.24) is 9.97 Å². The first kappa shape index (κ1) is 14.1. The van der Waals surface area contributed by atoms with Crippen LogP contribution in [0.1, 0.15) is 32.3 Å². The molecule has 1 aliphatic heterocycles. The van der Waals surface area contributed by atoms with Crippen LogP contribution in [0.15, 0.2) is 6.33 Å². The van der Waals surface area contributed by atoms with Crippen LogP contribution in [0.25, 0.3) is 0 Å². The van der Waals surface area contributed by atoms with Crippen LogP contribution in [0.2, 0.25) is 0 Å². The fourth-order valence-electron chi connectivity index (χ4n) is 2.42. The Morgan fingerprint density at radius 2 is 2.26 bits per heavy atom. The number of aromatic nitrogens is 2. The molecular weight excluding hydrogens is 240 g/mol. The standard InChI is InChI=1S/C14H24N4O/c1-4-6-15-13-11(3)14(17-10-16-13)18-7-8-19-9-12(18)5-2/h10,12H,4-9H2,1-3H3,(H,15,16,17). The molecule has 5 heteroatoms. The zero-order valence-electron chi connectivity index (χ0n) is 12.1. The molecule has 1 aliphatic rings. The van der Waals surface area contributed by atoms with Gasteiger partial charge in [-0.1, -0.05) is 13.8 Å². The Bertz CT molecular complexity index is 410. The predicted molar refractivity (Wildman–Crippen MR) is 77.8 cm³/mol. The van der Waals surface area contributed by atoms with Crippen LogP contribution >= 0.6 is 0 Å². The molecule has 1 aromatic rings. The summed E-state index contributed by atoms with van der Waals surface area (Å²) in [6.45, 7) is 9.85. The van der Waals surface area contributed by atoms with Gasteiger partial charge in [0.1, 0.15) is 18.0 Å². The minimum atomic E-state index is 0.418. The molecule has 1 aromatic heterocycles. The molecule has 0 saturated carbocycles. The molecule has 0 bridgehead atoms. The fraction of sp³-hybridized carbons (Fsp3) is 0.714. The smallest absolute Gasteiger partial charge is 0.137 e. The summed E-state index contributed by atoms with van der Waals surface area (Å²) in [5.41, 5.74) is 1.14. The highest BCUT2D eigenvalue weighted by Gasteiger charge is 2.24. The van der Waals surface area contributed by atoms with Crippen molar-refractivity contribution in [3.05, 3.63) is 11.9 Å². The molecular formula is C14H24N4O. The van der Waals surface area contributed by atoms with E-state index in [1.807, 2.05) is 0 Å². The van der Waals surface area contributed by atoms with Crippen molar-refractivity contribution in [3.8, 4) is 0 Å².